The lowest BCUT2D eigenvalue weighted by atomic mass is 10.1. The van der Waals surface area contributed by atoms with Gasteiger partial charge in [0, 0.05) is 4.47 Å². The maximum absolute atomic E-state index is 13.1. The summed E-state index contributed by atoms with van der Waals surface area (Å²) in [4.78, 5) is 15.2. The Hall–Kier alpha value is -2.90. The molecule has 5 nitrogen and oxygen atoms in total. The highest BCUT2D eigenvalue weighted by Crippen LogP contribution is 2.34. The van der Waals surface area contributed by atoms with Crippen LogP contribution in [0.1, 0.15) is 22.5 Å². The summed E-state index contributed by atoms with van der Waals surface area (Å²) in [5.74, 6) is 0.560. The van der Waals surface area contributed by atoms with Crippen LogP contribution in [0.5, 0.6) is 0 Å². The molecule has 150 valence electrons. The molecule has 4 rings (SSSR count). The second-order valence-corrected chi connectivity index (χ2v) is 8.54. The van der Waals surface area contributed by atoms with Gasteiger partial charge in [-0.15, -0.1) is 5.10 Å². The molecule has 0 radical (unpaired) electrons. The molecule has 0 aliphatic carbocycles. The van der Waals surface area contributed by atoms with Crippen LogP contribution in [0.4, 0.5) is 0 Å². The Labute approximate surface area is 187 Å². The molecule has 0 atom stereocenters. The van der Waals surface area contributed by atoms with Gasteiger partial charge in [-0.2, -0.15) is 5.10 Å². The van der Waals surface area contributed by atoms with Crippen molar-refractivity contribution in [1.82, 2.24) is 4.90 Å². The summed E-state index contributed by atoms with van der Waals surface area (Å²) in [6.45, 7) is 2.32. The standard InChI is InChI=1S/C23H18BrN3O2S/c1-16-6-2-3-8-18(16)14-25-26-23-27(15-20-10-5-11-29-20)22(28)21(30-23)13-17-7-4-9-19(24)12-17/h2-14H,15H2,1H3/b21-13-,25-14-,26-23+. The average Bonchev–Trinajstić information content (AvgIpc) is 3.34. The number of furan rings is 1. The number of amidine groups is 1. The van der Waals surface area contributed by atoms with Crippen molar-refractivity contribution in [3.8, 4) is 0 Å². The quantitative estimate of drug-likeness (QED) is 0.261. The number of aryl methyl sites for hydroxylation is 1. The third-order valence-electron chi connectivity index (χ3n) is 4.46. The number of nitrogens with zero attached hydrogens (tertiary/aromatic N) is 3. The van der Waals surface area contributed by atoms with Gasteiger partial charge in [-0.1, -0.05) is 52.3 Å². The first kappa shape index (κ1) is 20.4. The largest absolute Gasteiger partial charge is 0.467 e. The molecule has 0 unspecified atom stereocenters. The summed E-state index contributed by atoms with van der Waals surface area (Å²) in [6.07, 6.45) is 5.16. The molecule has 1 amide bonds. The van der Waals surface area contributed by atoms with E-state index in [0.717, 1.165) is 21.2 Å². The van der Waals surface area contributed by atoms with Crippen molar-refractivity contribution in [1.29, 1.82) is 0 Å². The normalized spacial score (nSPS) is 17.0. The van der Waals surface area contributed by atoms with Gasteiger partial charge in [-0.05, 0) is 65.7 Å². The molecule has 3 aromatic rings. The summed E-state index contributed by atoms with van der Waals surface area (Å²) >= 11 is 4.77. The van der Waals surface area contributed by atoms with Crippen molar-refractivity contribution in [2.75, 3.05) is 0 Å². The molecule has 0 saturated carbocycles. The molecular weight excluding hydrogens is 462 g/mol. The van der Waals surface area contributed by atoms with Crippen LogP contribution in [-0.2, 0) is 11.3 Å². The first-order valence-electron chi connectivity index (χ1n) is 9.26. The fourth-order valence-electron chi connectivity index (χ4n) is 2.90. The molecule has 1 aromatic heterocycles. The number of hydrogen-bond acceptors (Lipinski definition) is 5. The molecule has 30 heavy (non-hydrogen) atoms. The van der Waals surface area contributed by atoms with Crippen molar-refractivity contribution in [3.05, 3.63) is 98.8 Å². The molecule has 0 spiro atoms. The number of thioether (sulfide) groups is 1. The highest BCUT2D eigenvalue weighted by atomic mass is 79.9. The van der Waals surface area contributed by atoms with Crippen LogP contribution in [0.15, 0.2) is 90.9 Å². The van der Waals surface area contributed by atoms with Gasteiger partial charge in [0.2, 0.25) is 0 Å². The minimum atomic E-state index is -0.124. The van der Waals surface area contributed by atoms with Crippen LogP contribution in [0.3, 0.4) is 0 Å². The van der Waals surface area contributed by atoms with Crippen LogP contribution < -0.4 is 0 Å². The fraction of sp³-hybridized carbons (Fsp3) is 0.0870. The summed E-state index contributed by atoms with van der Waals surface area (Å²) in [6, 6.07) is 19.4. The molecule has 1 aliphatic heterocycles. The molecule has 2 aromatic carbocycles. The molecule has 1 fully saturated rings. The Balaban J connectivity index is 1.64. The lowest BCUT2D eigenvalue weighted by Crippen LogP contribution is -2.28. The molecule has 0 bridgehead atoms. The Kier molecular flexibility index (Phi) is 6.30. The van der Waals surface area contributed by atoms with Gasteiger partial charge >= 0.3 is 0 Å². The molecule has 2 heterocycles. The lowest BCUT2D eigenvalue weighted by Gasteiger charge is -2.12. The van der Waals surface area contributed by atoms with Crippen LogP contribution in [0.2, 0.25) is 0 Å². The minimum absolute atomic E-state index is 0.124. The first-order valence-corrected chi connectivity index (χ1v) is 10.9. The van der Waals surface area contributed by atoms with Crippen LogP contribution in [0, 0.1) is 6.92 Å². The number of carbonyl (C=O) groups excluding carboxylic acids is 1. The van der Waals surface area contributed by atoms with E-state index in [4.69, 9.17) is 4.42 Å². The molecule has 1 saturated heterocycles. The molecule has 1 aliphatic rings. The average molecular weight is 480 g/mol. The molecule has 7 heteroatoms. The fourth-order valence-corrected chi connectivity index (χ4v) is 4.25. The lowest BCUT2D eigenvalue weighted by molar-refractivity contribution is -0.122. The smallest absolute Gasteiger partial charge is 0.267 e. The summed E-state index contributed by atoms with van der Waals surface area (Å²) in [5, 5.41) is 9.10. The van der Waals surface area contributed by atoms with Gasteiger partial charge in [-0.3, -0.25) is 9.69 Å². The maximum Gasteiger partial charge on any atom is 0.267 e. The first-order chi connectivity index (χ1) is 14.6. The van der Waals surface area contributed by atoms with E-state index < -0.39 is 0 Å². The zero-order valence-electron chi connectivity index (χ0n) is 16.2. The Morgan fingerprint density at radius 3 is 2.77 bits per heavy atom. The second kappa shape index (κ2) is 9.28. The Morgan fingerprint density at radius 1 is 1.13 bits per heavy atom. The van der Waals surface area contributed by atoms with Gasteiger partial charge in [0.05, 0.1) is 23.9 Å². The number of benzene rings is 2. The van der Waals surface area contributed by atoms with Crippen LogP contribution in [-0.4, -0.2) is 22.2 Å². The van der Waals surface area contributed by atoms with E-state index in [0.29, 0.717) is 22.4 Å². The third-order valence-corrected chi connectivity index (χ3v) is 5.95. The molecule has 0 N–H and O–H groups in total. The predicted molar refractivity (Wildman–Crippen MR) is 125 cm³/mol. The number of rotatable bonds is 5. The zero-order valence-corrected chi connectivity index (χ0v) is 18.6. The topological polar surface area (TPSA) is 58.2 Å². The van der Waals surface area contributed by atoms with Gasteiger partial charge in [0.1, 0.15) is 5.76 Å². The predicted octanol–water partition coefficient (Wildman–Crippen LogP) is 5.86. The highest BCUT2D eigenvalue weighted by Gasteiger charge is 2.34. The SMILES string of the molecule is Cc1ccccc1/C=N\N=C1\S/C(=C\c2cccc(Br)c2)C(=O)N1Cc1ccco1. The number of amides is 1. The number of carbonyl (C=O) groups is 1. The van der Waals surface area contributed by atoms with E-state index in [1.807, 2.05) is 67.6 Å². The summed E-state index contributed by atoms with van der Waals surface area (Å²) in [7, 11) is 0. The van der Waals surface area contributed by atoms with Gasteiger partial charge in [0.25, 0.3) is 5.91 Å². The summed E-state index contributed by atoms with van der Waals surface area (Å²) in [5.41, 5.74) is 3.03. The van der Waals surface area contributed by atoms with Gasteiger partial charge in [-0.25, -0.2) is 0 Å². The van der Waals surface area contributed by atoms with E-state index in [2.05, 4.69) is 26.1 Å². The van der Waals surface area contributed by atoms with Crippen LogP contribution >= 0.6 is 27.7 Å². The minimum Gasteiger partial charge on any atom is -0.467 e. The van der Waals surface area contributed by atoms with Crippen molar-refractivity contribution in [2.45, 2.75) is 13.5 Å². The van der Waals surface area contributed by atoms with Crippen molar-refractivity contribution >= 4 is 51.1 Å². The Morgan fingerprint density at radius 2 is 2.00 bits per heavy atom. The van der Waals surface area contributed by atoms with Gasteiger partial charge < -0.3 is 4.42 Å². The van der Waals surface area contributed by atoms with Crippen molar-refractivity contribution in [2.24, 2.45) is 10.2 Å². The van der Waals surface area contributed by atoms with E-state index in [1.165, 1.54) is 11.8 Å². The summed E-state index contributed by atoms with van der Waals surface area (Å²) < 4.78 is 6.38. The van der Waals surface area contributed by atoms with E-state index in [9.17, 15) is 4.79 Å². The maximum atomic E-state index is 13.1. The molecular formula is C23H18BrN3O2S. The zero-order chi connectivity index (χ0) is 20.9. The van der Waals surface area contributed by atoms with Gasteiger partial charge in [0.15, 0.2) is 5.17 Å². The van der Waals surface area contributed by atoms with E-state index in [1.54, 1.807) is 23.4 Å². The number of hydrogen-bond donors (Lipinski definition) is 0. The van der Waals surface area contributed by atoms with E-state index in [-0.39, 0.29) is 5.91 Å². The second-order valence-electron chi connectivity index (χ2n) is 6.62. The third kappa shape index (κ3) is 4.80. The van der Waals surface area contributed by atoms with E-state index >= 15 is 0 Å². The van der Waals surface area contributed by atoms with Crippen molar-refractivity contribution in [3.63, 3.8) is 0 Å². The van der Waals surface area contributed by atoms with Crippen LogP contribution in [0.25, 0.3) is 6.08 Å². The highest BCUT2D eigenvalue weighted by molar-refractivity contribution is 9.10. The Bertz CT molecular complexity index is 1150. The monoisotopic (exact) mass is 479 g/mol. The van der Waals surface area contributed by atoms with Crippen molar-refractivity contribution < 1.29 is 9.21 Å². The number of halogens is 1.